The number of rotatable bonds is 6. The quantitative estimate of drug-likeness (QED) is 0.652. The molecule has 9 nitrogen and oxygen atoms in total. The SMILES string of the molecule is COCCn1c(=O)n(C2CC(C)(C)C2)c(=O)c2c(C)c(Cn3nc[nH]c3=O)sc21. The van der Waals surface area contributed by atoms with Gasteiger partial charge in [0.1, 0.15) is 11.2 Å². The first-order valence-electron chi connectivity index (χ1n) is 9.60. The van der Waals surface area contributed by atoms with Crippen LogP contribution in [0.5, 0.6) is 0 Å². The molecule has 4 rings (SSSR count). The molecule has 0 saturated heterocycles. The number of aryl methyl sites for hydroxylation is 1. The minimum atomic E-state index is -0.312. The number of H-pyrrole nitrogens is 1. The molecular formula is C19H25N5O4S. The van der Waals surface area contributed by atoms with Gasteiger partial charge in [0.25, 0.3) is 5.56 Å². The van der Waals surface area contributed by atoms with Gasteiger partial charge in [-0.15, -0.1) is 11.3 Å². The van der Waals surface area contributed by atoms with Crippen LogP contribution >= 0.6 is 11.3 Å². The molecular weight excluding hydrogens is 394 g/mol. The van der Waals surface area contributed by atoms with Crippen LogP contribution in [0, 0.1) is 12.3 Å². The first-order chi connectivity index (χ1) is 13.7. The maximum absolute atomic E-state index is 13.4. The van der Waals surface area contributed by atoms with Gasteiger partial charge in [0.05, 0.1) is 25.1 Å². The number of ether oxygens (including phenoxy) is 1. The first-order valence-corrected chi connectivity index (χ1v) is 10.4. The van der Waals surface area contributed by atoms with Gasteiger partial charge in [-0.25, -0.2) is 14.3 Å². The molecule has 0 bridgehead atoms. The monoisotopic (exact) mass is 419 g/mol. The largest absolute Gasteiger partial charge is 0.383 e. The van der Waals surface area contributed by atoms with Crippen molar-refractivity contribution in [3.05, 3.63) is 48.1 Å². The maximum atomic E-state index is 13.4. The Morgan fingerprint density at radius 2 is 2.03 bits per heavy atom. The summed E-state index contributed by atoms with van der Waals surface area (Å²) < 4.78 is 9.56. The van der Waals surface area contributed by atoms with Crippen LogP contribution in [0.15, 0.2) is 20.7 Å². The van der Waals surface area contributed by atoms with Crippen LogP contribution < -0.4 is 16.9 Å². The zero-order valence-corrected chi connectivity index (χ0v) is 17.8. The van der Waals surface area contributed by atoms with E-state index < -0.39 is 0 Å². The second-order valence-corrected chi connectivity index (χ2v) is 9.49. The van der Waals surface area contributed by atoms with Crippen molar-refractivity contribution in [2.75, 3.05) is 13.7 Å². The molecule has 0 spiro atoms. The third-order valence-electron chi connectivity index (χ3n) is 5.72. The lowest BCUT2D eigenvalue weighted by Gasteiger charge is -2.43. The highest BCUT2D eigenvalue weighted by Crippen LogP contribution is 2.46. The summed E-state index contributed by atoms with van der Waals surface area (Å²) in [6, 6.07) is -0.0834. The Labute approximate surface area is 170 Å². The number of hydrogen-bond acceptors (Lipinski definition) is 6. The lowest BCUT2D eigenvalue weighted by Crippen LogP contribution is -2.48. The molecule has 0 aromatic carbocycles. The Hall–Kier alpha value is -2.46. The average Bonchev–Trinajstić information content (AvgIpc) is 3.17. The summed E-state index contributed by atoms with van der Waals surface area (Å²) in [4.78, 5) is 42.4. The highest BCUT2D eigenvalue weighted by atomic mass is 32.1. The molecule has 1 saturated carbocycles. The number of nitrogens with one attached hydrogen (secondary N) is 1. The van der Waals surface area contributed by atoms with Crippen molar-refractivity contribution in [1.29, 1.82) is 0 Å². The molecule has 156 valence electrons. The zero-order valence-electron chi connectivity index (χ0n) is 17.0. The zero-order chi connectivity index (χ0) is 20.9. The number of thiophene rings is 1. The van der Waals surface area contributed by atoms with Crippen LogP contribution in [0.1, 0.15) is 43.2 Å². The molecule has 1 aliphatic rings. The molecule has 0 amide bonds. The summed E-state index contributed by atoms with van der Waals surface area (Å²) in [5, 5.41) is 4.55. The molecule has 3 aromatic rings. The second-order valence-electron chi connectivity index (χ2n) is 8.41. The van der Waals surface area contributed by atoms with E-state index in [1.807, 2.05) is 6.92 Å². The molecule has 1 fully saturated rings. The third-order valence-corrected chi connectivity index (χ3v) is 7.01. The fourth-order valence-electron chi connectivity index (χ4n) is 4.19. The van der Waals surface area contributed by atoms with Gasteiger partial charge in [-0.2, -0.15) is 5.10 Å². The Balaban J connectivity index is 1.91. The predicted molar refractivity (Wildman–Crippen MR) is 111 cm³/mol. The highest BCUT2D eigenvalue weighted by molar-refractivity contribution is 7.18. The van der Waals surface area contributed by atoms with Crippen molar-refractivity contribution in [2.24, 2.45) is 5.41 Å². The number of nitrogens with zero attached hydrogens (tertiary/aromatic N) is 4. The van der Waals surface area contributed by atoms with E-state index in [0.29, 0.717) is 23.4 Å². The summed E-state index contributed by atoms with van der Waals surface area (Å²) in [5.74, 6) is 0. The van der Waals surface area contributed by atoms with Gasteiger partial charge < -0.3 is 4.74 Å². The smallest absolute Gasteiger partial charge is 0.343 e. The molecule has 10 heteroatoms. The van der Waals surface area contributed by atoms with E-state index in [9.17, 15) is 14.4 Å². The van der Waals surface area contributed by atoms with Gasteiger partial charge in [0.15, 0.2) is 0 Å². The summed E-state index contributed by atoms with van der Waals surface area (Å²) in [7, 11) is 1.59. The van der Waals surface area contributed by atoms with Gasteiger partial charge in [-0.05, 0) is 30.7 Å². The van der Waals surface area contributed by atoms with Crippen molar-refractivity contribution in [3.63, 3.8) is 0 Å². The van der Waals surface area contributed by atoms with Gasteiger partial charge in [0, 0.05) is 18.0 Å². The molecule has 0 unspecified atom stereocenters. The molecule has 0 aliphatic heterocycles. The van der Waals surface area contributed by atoms with Crippen molar-refractivity contribution < 1.29 is 4.74 Å². The minimum absolute atomic E-state index is 0.0834. The van der Waals surface area contributed by atoms with Gasteiger partial charge >= 0.3 is 11.4 Å². The van der Waals surface area contributed by atoms with Gasteiger partial charge in [0.2, 0.25) is 0 Å². The summed E-state index contributed by atoms with van der Waals surface area (Å²) >= 11 is 1.36. The minimum Gasteiger partial charge on any atom is -0.383 e. The lowest BCUT2D eigenvalue weighted by molar-refractivity contribution is 0.0967. The Morgan fingerprint density at radius 3 is 2.62 bits per heavy atom. The van der Waals surface area contributed by atoms with Crippen molar-refractivity contribution in [1.82, 2.24) is 23.9 Å². The van der Waals surface area contributed by atoms with E-state index in [2.05, 4.69) is 23.9 Å². The molecule has 0 atom stereocenters. The van der Waals surface area contributed by atoms with E-state index in [-0.39, 0.29) is 34.9 Å². The molecule has 3 aromatic heterocycles. The normalized spacial score (nSPS) is 16.4. The molecule has 1 aliphatic carbocycles. The topological polar surface area (TPSA) is 104 Å². The third kappa shape index (κ3) is 3.29. The van der Waals surface area contributed by atoms with E-state index in [0.717, 1.165) is 23.3 Å². The Bertz CT molecular complexity index is 1230. The van der Waals surface area contributed by atoms with Crippen molar-refractivity contribution in [2.45, 2.75) is 52.7 Å². The fourth-order valence-corrected chi connectivity index (χ4v) is 5.49. The van der Waals surface area contributed by atoms with Crippen molar-refractivity contribution >= 4 is 21.6 Å². The van der Waals surface area contributed by atoms with Gasteiger partial charge in [-0.3, -0.25) is 18.9 Å². The van der Waals surface area contributed by atoms with Crippen LogP contribution in [-0.2, 0) is 17.8 Å². The number of methoxy groups -OCH3 is 1. The molecule has 0 radical (unpaired) electrons. The van der Waals surface area contributed by atoms with Crippen LogP contribution in [0.3, 0.4) is 0 Å². The predicted octanol–water partition coefficient (Wildman–Crippen LogP) is 1.47. The van der Waals surface area contributed by atoms with E-state index in [4.69, 9.17) is 4.74 Å². The molecule has 29 heavy (non-hydrogen) atoms. The Morgan fingerprint density at radius 1 is 1.31 bits per heavy atom. The number of hydrogen-bond donors (Lipinski definition) is 1. The van der Waals surface area contributed by atoms with Crippen molar-refractivity contribution in [3.8, 4) is 0 Å². The van der Waals surface area contributed by atoms with Crippen LogP contribution in [0.4, 0.5) is 0 Å². The highest BCUT2D eigenvalue weighted by Gasteiger charge is 2.39. The Kier molecular flexibility index (Phi) is 4.86. The van der Waals surface area contributed by atoms with Crippen LogP contribution in [-0.4, -0.2) is 37.6 Å². The van der Waals surface area contributed by atoms with E-state index >= 15 is 0 Å². The summed E-state index contributed by atoms with van der Waals surface area (Å²) in [6.45, 7) is 7.14. The van der Waals surface area contributed by atoms with Crippen LogP contribution in [0.2, 0.25) is 0 Å². The standard InChI is InChI=1S/C19H25N5O4S/c1-11-13(9-23-17(26)20-10-21-23)29-16-14(11)15(25)24(12-7-19(2,3)8-12)18(27)22(16)5-6-28-4/h10,12H,5-9H2,1-4H3,(H,20,21,26). The number of aromatic amines is 1. The summed E-state index contributed by atoms with van der Waals surface area (Å²) in [6.07, 6.45) is 2.94. The van der Waals surface area contributed by atoms with Crippen LogP contribution in [0.25, 0.3) is 10.2 Å². The van der Waals surface area contributed by atoms with Gasteiger partial charge in [-0.1, -0.05) is 13.8 Å². The maximum Gasteiger partial charge on any atom is 0.343 e. The number of aromatic nitrogens is 5. The molecule has 3 heterocycles. The fraction of sp³-hybridized carbons (Fsp3) is 0.579. The summed E-state index contributed by atoms with van der Waals surface area (Å²) in [5.41, 5.74) is 0.0909. The first kappa shape index (κ1) is 19.8. The van der Waals surface area contributed by atoms with E-state index in [1.54, 1.807) is 11.7 Å². The van der Waals surface area contributed by atoms with E-state index in [1.165, 1.54) is 26.9 Å². The lowest BCUT2D eigenvalue weighted by atomic mass is 9.68. The average molecular weight is 420 g/mol. The molecule has 1 N–H and O–H groups in total. The number of fused-ring (bicyclic) bond motifs is 1. The second kappa shape index (κ2) is 7.10.